The molecule has 0 heterocycles. The summed E-state index contributed by atoms with van der Waals surface area (Å²) in [7, 11) is -2.56. The van der Waals surface area contributed by atoms with E-state index in [1.54, 1.807) is 0 Å². The van der Waals surface area contributed by atoms with E-state index in [2.05, 4.69) is 59.9 Å². The van der Waals surface area contributed by atoms with Crippen LogP contribution in [0.1, 0.15) is 32.8 Å². The van der Waals surface area contributed by atoms with Gasteiger partial charge in [0, 0.05) is 10.5 Å². The van der Waals surface area contributed by atoms with Crippen molar-refractivity contribution >= 4 is 51.3 Å². The zero-order valence-corrected chi connectivity index (χ0v) is 27.9. The molecule has 1 N–H and O–H groups in total. The molecule has 0 aliphatic carbocycles. The van der Waals surface area contributed by atoms with Crippen LogP contribution in [0.25, 0.3) is 10.8 Å². The Balaban J connectivity index is 1.35. The van der Waals surface area contributed by atoms with E-state index in [0.29, 0.717) is 5.56 Å². The molecule has 7 aromatic rings. The van der Waals surface area contributed by atoms with Gasteiger partial charge in [-0.1, -0.05) is 176 Å². The van der Waals surface area contributed by atoms with Crippen molar-refractivity contribution in [3.63, 3.8) is 0 Å². The SMILES string of the molecule is O=C(N[C@@H](c1ccccc1)[C@@H](c1ccccc1)[S@@](=O)c1cccc2ccccc12)c1ccccc1P(c1ccccc1)c1ccccc1. The van der Waals surface area contributed by atoms with Crippen LogP contribution in [0.2, 0.25) is 0 Å². The standard InChI is InChI=1S/C43H34NO2PS/c45-43(38-29-15-16-30-39(38)47(35-24-9-3-10-25-35)36-26-11-4-12-27-36)44-41(33-19-5-1-6-20-33)42(34-21-7-2-8-22-34)48(46)40-31-17-23-32-18-13-14-28-37(32)40/h1-31,41-42H,(H,44,45)/t41-,42+,48-/m0/s1. The summed E-state index contributed by atoms with van der Waals surface area (Å²) in [5.74, 6) is -0.199. The largest absolute Gasteiger partial charge is 0.344 e. The number of nitrogens with one attached hydrogen (secondary N) is 1. The van der Waals surface area contributed by atoms with Gasteiger partial charge in [-0.25, -0.2) is 0 Å². The van der Waals surface area contributed by atoms with Gasteiger partial charge in [0.05, 0.1) is 22.1 Å². The highest BCUT2D eigenvalue weighted by Gasteiger charge is 2.34. The number of carbonyl (C=O) groups is 1. The topological polar surface area (TPSA) is 46.2 Å². The molecular weight excluding hydrogens is 626 g/mol. The van der Waals surface area contributed by atoms with Crippen LogP contribution in [-0.4, -0.2) is 10.1 Å². The molecular formula is C43H34NO2PS. The van der Waals surface area contributed by atoms with Gasteiger partial charge in [-0.05, 0) is 57.9 Å². The highest BCUT2D eigenvalue weighted by Crippen LogP contribution is 2.40. The average molecular weight is 660 g/mol. The van der Waals surface area contributed by atoms with Gasteiger partial charge in [0.25, 0.3) is 5.91 Å². The summed E-state index contributed by atoms with van der Waals surface area (Å²) in [4.78, 5) is 15.5. The quantitative estimate of drug-likeness (QED) is 0.150. The smallest absolute Gasteiger partial charge is 0.252 e. The minimum absolute atomic E-state index is 0.199. The summed E-state index contributed by atoms with van der Waals surface area (Å²) >= 11 is 0. The monoisotopic (exact) mass is 659 g/mol. The Morgan fingerprint density at radius 1 is 0.521 bits per heavy atom. The van der Waals surface area contributed by atoms with E-state index in [-0.39, 0.29) is 5.91 Å². The Morgan fingerprint density at radius 2 is 1.02 bits per heavy atom. The number of amides is 1. The molecule has 0 bridgehead atoms. The summed E-state index contributed by atoms with van der Waals surface area (Å²) in [6, 6.07) is 61.9. The first-order chi connectivity index (χ1) is 23.7. The van der Waals surface area contributed by atoms with Gasteiger partial charge in [-0.15, -0.1) is 0 Å². The van der Waals surface area contributed by atoms with Crippen LogP contribution in [-0.2, 0) is 10.8 Å². The van der Waals surface area contributed by atoms with Gasteiger partial charge in [0.1, 0.15) is 0 Å². The van der Waals surface area contributed by atoms with Crippen molar-refractivity contribution in [2.75, 3.05) is 0 Å². The molecule has 0 saturated heterocycles. The van der Waals surface area contributed by atoms with Gasteiger partial charge in [0.2, 0.25) is 0 Å². The van der Waals surface area contributed by atoms with Crippen LogP contribution in [0, 0.1) is 0 Å². The third-order valence-corrected chi connectivity index (χ3v) is 12.8. The van der Waals surface area contributed by atoms with Crippen molar-refractivity contribution in [3.05, 3.63) is 205 Å². The fourth-order valence-corrected chi connectivity index (χ4v) is 10.5. The van der Waals surface area contributed by atoms with Crippen LogP contribution >= 0.6 is 7.92 Å². The third-order valence-electron chi connectivity index (χ3n) is 8.49. The first kappa shape index (κ1) is 31.4. The molecule has 48 heavy (non-hydrogen) atoms. The Labute approximate surface area is 285 Å². The van der Waals surface area contributed by atoms with Gasteiger partial charge >= 0.3 is 0 Å². The van der Waals surface area contributed by atoms with Crippen molar-refractivity contribution < 1.29 is 9.00 Å². The van der Waals surface area contributed by atoms with Crippen molar-refractivity contribution in [1.29, 1.82) is 0 Å². The van der Waals surface area contributed by atoms with E-state index in [1.165, 1.54) is 0 Å². The van der Waals surface area contributed by atoms with Crippen LogP contribution in [0.5, 0.6) is 0 Å². The Bertz CT molecular complexity index is 2110. The molecule has 7 aromatic carbocycles. The lowest BCUT2D eigenvalue weighted by Gasteiger charge is -2.30. The molecule has 5 heteroatoms. The van der Waals surface area contributed by atoms with Crippen LogP contribution < -0.4 is 21.2 Å². The van der Waals surface area contributed by atoms with Crippen LogP contribution in [0.3, 0.4) is 0 Å². The van der Waals surface area contributed by atoms with Gasteiger partial charge in [-0.2, -0.15) is 0 Å². The molecule has 0 radical (unpaired) electrons. The second kappa shape index (κ2) is 14.7. The molecule has 0 unspecified atom stereocenters. The molecule has 3 nitrogen and oxygen atoms in total. The lowest BCUT2D eigenvalue weighted by atomic mass is 9.97. The van der Waals surface area contributed by atoms with Crippen molar-refractivity contribution in [1.82, 2.24) is 5.32 Å². The Hall–Kier alpha value is -5.15. The molecule has 3 atom stereocenters. The van der Waals surface area contributed by atoms with Crippen LogP contribution in [0.4, 0.5) is 0 Å². The van der Waals surface area contributed by atoms with Gasteiger partial charge < -0.3 is 5.32 Å². The maximum absolute atomic E-state index is 15.0. The summed E-state index contributed by atoms with van der Waals surface area (Å²) in [6.45, 7) is 0. The number of benzene rings is 7. The second-order valence-corrected chi connectivity index (χ2v) is 15.2. The summed E-state index contributed by atoms with van der Waals surface area (Å²) in [6.07, 6.45) is 0. The molecule has 0 spiro atoms. The van der Waals surface area contributed by atoms with Gasteiger partial charge in [0.15, 0.2) is 0 Å². The van der Waals surface area contributed by atoms with Crippen molar-refractivity contribution in [2.45, 2.75) is 16.2 Å². The maximum atomic E-state index is 15.0. The van der Waals surface area contributed by atoms with E-state index in [4.69, 9.17) is 0 Å². The molecule has 0 aliphatic heterocycles. The Morgan fingerprint density at radius 3 is 1.67 bits per heavy atom. The minimum atomic E-state index is -1.53. The Kier molecular flexibility index (Phi) is 9.65. The molecule has 1 amide bonds. The lowest BCUT2D eigenvalue weighted by molar-refractivity contribution is 0.0937. The van der Waals surface area contributed by atoms with E-state index in [9.17, 15) is 4.79 Å². The van der Waals surface area contributed by atoms with Crippen molar-refractivity contribution in [3.8, 4) is 0 Å². The molecule has 0 aromatic heterocycles. The summed E-state index contributed by atoms with van der Waals surface area (Å²) < 4.78 is 15.0. The predicted octanol–water partition coefficient (Wildman–Crippen LogP) is 8.62. The number of rotatable bonds is 10. The van der Waals surface area contributed by atoms with E-state index in [1.807, 2.05) is 133 Å². The number of hydrogen-bond acceptors (Lipinski definition) is 2. The number of carbonyl (C=O) groups excluding carboxylic acids is 1. The predicted molar refractivity (Wildman–Crippen MR) is 201 cm³/mol. The van der Waals surface area contributed by atoms with Crippen LogP contribution in [0.15, 0.2) is 193 Å². The van der Waals surface area contributed by atoms with E-state index < -0.39 is 30.0 Å². The third kappa shape index (κ3) is 6.64. The van der Waals surface area contributed by atoms with Gasteiger partial charge in [-0.3, -0.25) is 9.00 Å². The fraction of sp³-hybridized carbons (Fsp3) is 0.0465. The minimum Gasteiger partial charge on any atom is -0.344 e. The zero-order chi connectivity index (χ0) is 32.7. The highest BCUT2D eigenvalue weighted by molar-refractivity contribution is 7.85. The average Bonchev–Trinajstić information content (AvgIpc) is 3.16. The molecule has 0 aliphatic rings. The molecule has 234 valence electrons. The number of hydrogen-bond donors (Lipinski definition) is 1. The first-order valence-corrected chi connectivity index (χ1v) is 18.5. The van der Waals surface area contributed by atoms with E-state index >= 15 is 4.21 Å². The lowest BCUT2D eigenvalue weighted by Crippen LogP contribution is -2.37. The molecule has 7 rings (SSSR count). The van der Waals surface area contributed by atoms with Crippen molar-refractivity contribution in [2.24, 2.45) is 0 Å². The fourth-order valence-electron chi connectivity index (χ4n) is 6.25. The second-order valence-electron chi connectivity index (χ2n) is 11.5. The maximum Gasteiger partial charge on any atom is 0.252 e. The first-order valence-electron chi connectivity index (χ1n) is 16.0. The summed E-state index contributed by atoms with van der Waals surface area (Å²) in [5.41, 5.74) is 2.39. The highest BCUT2D eigenvalue weighted by atomic mass is 32.2. The number of fused-ring (bicyclic) bond motifs is 1. The zero-order valence-electron chi connectivity index (χ0n) is 26.2. The summed E-state index contributed by atoms with van der Waals surface area (Å²) in [5, 5.41) is 8.13. The normalized spacial score (nSPS) is 13.1. The van der Waals surface area contributed by atoms with E-state index in [0.717, 1.165) is 42.7 Å². The molecule has 0 fully saturated rings. The molecule has 0 saturated carbocycles.